The van der Waals surface area contributed by atoms with Crippen LogP contribution in [0.15, 0.2) is 0 Å². The second-order valence-electron chi connectivity index (χ2n) is 7.57. The molecule has 0 saturated heterocycles. The number of unbranched alkanes of at least 4 members (excludes halogenated alkanes) is 1. The van der Waals surface area contributed by atoms with Gasteiger partial charge in [-0.2, -0.15) is 11.8 Å². The molecule has 148 valence electrons. The third kappa shape index (κ3) is 6.96. The Kier molecular flexibility index (Phi) is 9.63. The van der Waals surface area contributed by atoms with Crippen LogP contribution in [-0.2, 0) is 4.79 Å². The minimum atomic E-state index is -0.749. The molecule has 0 amide bonds. The molecule has 0 bridgehead atoms. The van der Waals surface area contributed by atoms with Crippen LogP contribution in [0.2, 0.25) is 0 Å². The second-order valence-corrected chi connectivity index (χ2v) is 9.28. The molecule has 2 aliphatic carbocycles. The van der Waals surface area contributed by atoms with Gasteiger partial charge in [0.05, 0.1) is 12.0 Å². The smallest absolute Gasteiger partial charge is 0.303 e. The lowest BCUT2D eigenvalue weighted by Gasteiger charge is -2.23. The number of carbonyl (C=O) groups is 1. The lowest BCUT2D eigenvalue weighted by atomic mass is 9.85. The molecule has 26 heavy (non-hydrogen) atoms. The molecular weight excluding hydrogens is 372 g/mol. The average molecular weight is 403 g/mol. The van der Waals surface area contributed by atoms with Gasteiger partial charge in [0.2, 0.25) is 0 Å². The maximum atomic E-state index is 10.5. The predicted octanol–water partition coefficient (Wildman–Crippen LogP) is 3.52. The van der Waals surface area contributed by atoms with Gasteiger partial charge in [-0.1, -0.05) is 31.1 Å². The molecule has 0 aromatic heterocycles. The van der Waals surface area contributed by atoms with Crippen LogP contribution in [0.25, 0.3) is 0 Å². The van der Waals surface area contributed by atoms with Crippen LogP contribution in [-0.4, -0.2) is 50.4 Å². The summed E-state index contributed by atoms with van der Waals surface area (Å²) in [5.41, 5.74) is 0. The highest BCUT2D eigenvalue weighted by Gasteiger charge is 2.40. The summed E-state index contributed by atoms with van der Waals surface area (Å²) in [5.74, 6) is 7.33. The van der Waals surface area contributed by atoms with Crippen molar-refractivity contribution in [1.82, 2.24) is 0 Å². The van der Waals surface area contributed by atoms with Gasteiger partial charge >= 0.3 is 5.97 Å². The van der Waals surface area contributed by atoms with Crippen molar-refractivity contribution in [3.63, 3.8) is 0 Å². The van der Waals surface area contributed by atoms with E-state index in [1.165, 1.54) is 19.3 Å². The van der Waals surface area contributed by atoms with E-state index in [1.807, 2.05) is 0 Å². The van der Waals surface area contributed by atoms with Crippen molar-refractivity contribution in [1.29, 1.82) is 0 Å². The van der Waals surface area contributed by atoms with E-state index in [1.54, 1.807) is 11.8 Å². The molecule has 0 heterocycles. The third-order valence-corrected chi connectivity index (χ3v) is 7.24. The summed E-state index contributed by atoms with van der Waals surface area (Å²) in [5, 5.41) is 29.2. The van der Waals surface area contributed by atoms with E-state index in [0.717, 1.165) is 30.8 Å². The largest absolute Gasteiger partial charge is 0.481 e. The summed E-state index contributed by atoms with van der Waals surface area (Å²) in [4.78, 5) is 10.5. The Balaban J connectivity index is 1.81. The summed E-state index contributed by atoms with van der Waals surface area (Å²) in [6.07, 6.45) is 6.86. The van der Waals surface area contributed by atoms with Gasteiger partial charge in [-0.25, -0.2) is 0 Å². The molecule has 0 aliphatic heterocycles. The fourth-order valence-electron chi connectivity index (χ4n) is 3.92. The molecule has 0 spiro atoms. The van der Waals surface area contributed by atoms with E-state index in [2.05, 4.69) is 11.8 Å². The van der Waals surface area contributed by atoms with Crippen molar-refractivity contribution in [2.45, 2.75) is 75.4 Å². The fourth-order valence-corrected chi connectivity index (χ4v) is 5.74. The molecule has 0 aromatic carbocycles. The molecule has 0 aromatic rings. The number of halogens is 1. The van der Waals surface area contributed by atoms with Crippen LogP contribution >= 0.6 is 23.4 Å². The van der Waals surface area contributed by atoms with E-state index in [0.29, 0.717) is 12.8 Å². The molecule has 2 rings (SSSR count). The average Bonchev–Trinajstić information content (AvgIpc) is 2.89. The van der Waals surface area contributed by atoms with Gasteiger partial charge < -0.3 is 15.3 Å². The zero-order chi connectivity index (χ0) is 18.9. The highest BCUT2D eigenvalue weighted by Crippen LogP contribution is 2.38. The molecule has 6 heteroatoms. The number of hydrogen-bond donors (Lipinski definition) is 3. The minimum Gasteiger partial charge on any atom is -0.481 e. The first kappa shape index (κ1) is 21.9. The Morgan fingerprint density at radius 3 is 2.65 bits per heavy atom. The van der Waals surface area contributed by atoms with E-state index in [9.17, 15) is 15.0 Å². The number of rotatable bonds is 8. The van der Waals surface area contributed by atoms with Gasteiger partial charge in [0.15, 0.2) is 0 Å². The van der Waals surface area contributed by atoms with Gasteiger partial charge in [0, 0.05) is 17.7 Å². The Bertz CT molecular complexity index is 498. The Morgan fingerprint density at radius 1 is 1.23 bits per heavy atom. The normalized spacial score (nSPS) is 30.6. The summed E-state index contributed by atoms with van der Waals surface area (Å²) < 4.78 is 0. The third-order valence-electron chi connectivity index (χ3n) is 5.54. The van der Waals surface area contributed by atoms with E-state index >= 15 is 0 Å². The Hall–Kier alpha value is -0.410. The zero-order valence-electron chi connectivity index (χ0n) is 15.3. The summed E-state index contributed by atoms with van der Waals surface area (Å²) >= 11 is 8.19. The predicted molar refractivity (Wildman–Crippen MR) is 106 cm³/mol. The molecule has 2 fully saturated rings. The summed E-state index contributed by atoms with van der Waals surface area (Å²) in [7, 11) is 0. The zero-order valence-corrected chi connectivity index (χ0v) is 16.9. The highest BCUT2D eigenvalue weighted by atomic mass is 35.5. The van der Waals surface area contributed by atoms with Crippen LogP contribution in [0.5, 0.6) is 0 Å². The minimum absolute atomic E-state index is 0.0948. The molecule has 4 nitrogen and oxygen atoms in total. The van der Waals surface area contributed by atoms with Gasteiger partial charge in [-0.3, -0.25) is 4.79 Å². The van der Waals surface area contributed by atoms with E-state index < -0.39 is 18.2 Å². The number of thioether (sulfide) groups is 1. The van der Waals surface area contributed by atoms with Crippen LogP contribution in [0.3, 0.4) is 0 Å². The standard InChI is InChI=1S/C20H31ClO4S/c21-17-12-19(23)15(9-10-18(22)14-6-2-1-3-7-14)16(17)13-26-11-5-4-8-20(24)25/h14-19,22-23H,1-8,11-13H2,(H,24,25)/t15-,16-,17-,18-,19-/m1/s1. The number of aliphatic hydroxyl groups excluding tert-OH is 2. The molecule has 0 radical (unpaired) electrons. The molecule has 3 N–H and O–H groups in total. The quantitative estimate of drug-likeness (QED) is 0.329. The van der Waals surface area contributed by atoms with Crippen molar-refractivity contribution >= 4 is 29.3 Å². The molecule has 2 saturated carbocycles. The van der Waals surface area contributed by atoms with Crippen molar-refractivity contribution < 1.29 is 20.1 Å². The van der Waals surface area contributed by atoms with Gasteiger partial charge in [0.1, 0.15) is 6.10 Å². The summed E-state index contributed by atoms with van der Waals surface area (Å²) in [6.45, 7) is 0. The van der Waals surface area contributed by atoms with Crippen molar-refractivity contribution in [3.05, 3.63) is 0 Å². The van der Waals surface area contributed by atoms with Gasteiger partial charge in [0.25, 0.3) is 0 Å². The molecular formula is C20H31ClO4S. The van der Waals surface area contributed by atoms with Gasteiger partial charge in [-0.15, -0.1) is 11.6 Å². The Labute approximate surface area is 166 Å². The monoisotopic (exact) mass is 402 g/mol. The number of alkyl halides is 1. The lowest BCUT2D eigenvalue weighted by molar-refractivity contribution is -0.137. The molecule has 5 atom stereocenters. The first-order chi connectivity index (χ1) is 12.5. The van der Waals surface area contributed by atoms with Crippen LogP contribution in [0.1, 0.15) is 57.8 Å². The Morgan fingerprint density at radius 2 is 1.96 bits per heavy atom. The first-order valence-corrected chi connectivity index (χ1v) is 11.4. The van der Waals surface area contributed by atoms with E-state index in [4.69, 9.17) is 16.7 Å². The van der Waals surface area contributed by atoms with Crippen molar-refractivity contribution in [2.24, 2.45) is 17.8 Å². The van der Waals surface area contributed by atoms with Crippen LogP contribution in [0.4, 0.5) is 0 Å². The molecule has 2 aliphatic rings. The number of aliphatic hydroxyl groups is 2. The highest BCUT2D eigenvalue weighted by molar-refractivity contribution is 7.99. The molecule has 0 unspecified atom stereocenters. The maximum Gasteiger partial charge on any atom is 0.303 e. The van der Waals surface area contributed by atoms with Crippen LogP contribution in [0, 0.1) is 29.6 Å². The van der Waals surface area contributed by atoms with Crippen LogP contribution < -0.4 is 0 Å². The van der Waals surface area contributed by atoms with E-state index in [-0.39, 0.29) is 29.6 Å². The summed E-state index contributed by atoms with van der Waals surface area (Å²) in [6, 6.07) is 0. The van der Waals surface area contributed by atoms with Crippen molar-refractivity contribution in [3.8, 4) is 11.8 Å². The number of aliphatic carboxylic acids is 1. The maximum absolute atomic E-state index is 10.5. The number of hydrogen-bond acceptors (Lipinski definition) is 4. The SMILES string of the molecule is O=C(O)CCCCSC[C@@H]1[C@@H](C#C[C@@H](O)C2CCCCC2)[C@H](O)C[C@H]1Cl. The second kappa shape index (κ2) is 11.4. The lowest BCUT2D eigenvalue weighted by Crippen LogP contribution is -2.24. The topological polar surface area (TPSA) is 77.8 Å². The first-order valence-electron chi connectivity index (χ1n) is 9.80. The fraction of sp³-hybridized carbons (Fsp3) is 0.850. The number of carboxylic acid groups (broad SMARTS) is 1. The van der Waals surface area contributed by atoms with Gasteiger partial charge in [-0.05, 0) is 49.5 Å². The number of carboxylic acids is 1. The van der Waals surface area contributed by atoms with Crippen molar-refractivity contribution in [2.75, 3.05) is 11.5 Å².